The fourth-order valence-corrected chi connectivity index (χ4v) is 1.53. The summed E-state index contributed by atoms with van der Waals surface area (Å²) in [6.45, 7) is 4.12. The van der Waals surface area contributed by atoms with Crippen LogP contribution in [0, 0.1) is 0 Å². The molecule has 16 heavy (non-hydrogen) atoms. The number of halogens is 1. The fraction of sp³-hybridized carbons (Fsp3) is 0.600. The third-order valence-corrected chi connectivity index (χ3v) is 2.45. The number of nitrogens with zero attached hydrogens (tertiary/aromatic N) is 3. The van der Waals surface area contributed by atoms with Crippen LogP contribution in [0.15, 0.2) is 6.33 Å². The Morgan fingerprint density at radius 1 is 1.50 bits per heavy atom. The molecular weight excluding hydrogens is 228 g/mol. The van der Waals surface area contributed by atoms with Crippen LogP contribution in [0.25, 0.3) is 0 Å². The van der Waals surface area contributed by atoms with Crippen molar-refractivity contribution in [2.24, 2.45) is 0 Å². The number of anilines is 2. The van der Waals surface area contributed by atoms with Crippen molar-refractivity contribution in [1.82, 2.24) is 9.97 Å². The van der Waals surface area contributed by atoms with Crippen LogP contribution in [0.1, 0.15) is 6.92 Å². The molecule has 6 heteroatoms. The smallest absolute Gasteiger partial charge is 0.157 e. The molecule has 0 aromatic carbocycles. The van der Waals surface area contributed by atoms with Crippen LogP contribution in [-0.4, -0.2) is 43.8 Å². The van der Waals surface area contributed by atoms with Crippen LogP contribution in [0.2, 0.25) is 5.15 Å². The van der Waals surface area contributed by atoms with Gasteiger partial charge in [0.25, 0.3) is 0 Å². The molecule has 1 aromatic heterocycles. The molecule has 0 bridgehead atoms. The monoisotopic (exact) mass is 244 g/mol. The Labute approximate surface area is 101 Å². The Balaban J connectivity index is 2.74. The molecule has 0 aliphatic rings. The lowest BCUT2D eigenvalue weighted by Gasteiger charge is -2.20. The summed E-state index contributed by atoms with van der Waals surface area (Å²) in [6, 6.07) is 0. The van der Waals surface area contributed by atoms with Crippen molar-refractivity contribution >= 4 is 23.1 Å². The molecule has 0 amide bonds. The highest BCUT2D eigenvalue weighted by Gasteiger charge is 2.11. The van der Waals surface area contributed by atoms with Crippen molar-refractivity contribution in [1.29, 1.82) is 0 Å². The molecule has 90 valence electrons. The molecule has 0 aliphatic carbocycles. The third-order valence-electron chi connectivity index (χ3n) is 2.17. The third kappa shape index (κ3) is 3.21. The first-order valence-corrected chi connectivity index (χ1v) is 5.55. The number of likely N-dealkylation sites (N-methyl/N-ethyl adjacent to an activating group) is 1. The summed E-state index contributed by atoms with van der Waals surface area (Å²) in [5.74, 6) is 0.780. The Bertz CT molecular complexity index is 335. The topological polar surface area (TPSA) is 50.3 Å². The lowest BCUT2D eigenvalue weighted by Crippen LogP contribution is -2.24. The minimum Gasteiger partial charge on any atom is -0.383 e. The molecule has 0 spiro atoms. The van der Waals surface area contributed by atoms with E-state index in [2.05, 4.69) is 15.3 Å². The molecule has 0 fully saturated rings. The maximum absolute atomic E-state index is 5.96. The SMILES string of the molecule is CCOCCN(C)c1ncnc(Cl)c1NC. The molecule has 1 aromatic rings. The Kier molecular flexibility index (Phi) is 5.28. The van der Waals surface area contributed by atoms with Crippen LogP contribution in [0.5, 0.6) is 0 Å². The quantitative estimate of drug-likeness (QED) is 0.609. The van der Waals surface area contributed by atoms with Gasteiger partial charge >= 0.3 is 0 Å². The van der Waals surface area contributed by atoms with E-state index in [1.165, 1.54) is 6.33 Å². The van der Waals surface area contributed by atoms with Crippen LogP contribution < -0.4 is 10.2 Å². The second-order valence-corrected chi connectivity index (χ2v) is 3.59. The average Bonchev–Trinajstić information content (AvgIpc) is 2.29. The Morgan fingerprint density at radius 2 is 2.25 bits per heavy atom. The zero-order valence-corrected chi connectivity index (χ0v) is 10.6. The van der Waals surface area contributed by atoms with E-state index in [0.29, 0.717) is 11.8 Å². The van der Waals surface area contributed by atoms with Crippen LogP contribution in [0.3, 0.4) is 0 Å². The van der Waals surface area contributed by atoms with E-state index in [4.69, 9.17) is 16.3 Å². The van der Waals surface area contributed by atoms with Crippen molar-refractivity contribution in [3.05, 3.63) is 11.5 Å². The largest absolute Gasteiger partial charge is 0.383 e. The molecular formula is C10H17ClN4O. The molecule has 0 atom stereocenters. The van der Waals surface area contributed by atoms with E-state index in [1.54, 1.807) is 7.05 Å². The summed E-state index contributed by atoms with van der Waals surface area (Å²) in [7, 11) is 3.74. The highest BCUT2D eigenvalue weighted by Crippen LogP contribution is 2.27. The molecule has 0 unspecified atom stereocenters. The van der Waals surface area contributed by atoms with Crippen molar-refractivity contribution in [2.75, 3.05) is 44.1 Å². The van der Waals surface area contributed by atoms with Crippen molar-refractivity contribution in [3.8, 4) is 0 Å². The average molecular weight is 245 g/mol. The number of hydrogen-bond acceptors (Lipinski definition) is 5. The van der Waals surface area contributed by atoms with E-state index in [-0.39, 0.29) is 0 Å². The summed E-state index contributed by atoms with van der Waals surface area (Å²) >= 11 is 5.96. The fourth-order valence-electron chi connectivity index (χ4n) is 1.31. The molecule has 0 saturated heterocycles. The van der Waals surface area contributed by atoms with Gasteiger partial charge in [0.15, 0.2) is 11.0 Å². The minimum atomic E-state index is 0.427. The summed E-state index contributed by atoms with van der Waals surface area (Å²) in [4.78, 5) is 10.1. The molecule has 0 saturated carbocycles. The first-order valence-electron chi connectivity index (χ1n) is 5.17. The zero-order valence-electron chi connectivity index (χ0n) is 9.83. The predicted octanol–water partition coefficient (Wildman–Crippen LogP) is 1.64. The highest BCUT2D eigenvalue weighted by atomic mass is 35.5. The number of rotatable bonds is 6. The van der Waals surface area contributed by atoms with Crippen LogP contribution >= 0.6 is 11.6 Å². The van der Waals surface area contributed by atoms with Gasteiger partial charge in [-0.1, -0.05) is 11.6 Å². The van der Waals surface area contributed by atoms with Gasteiger partial charge < -0.3 is 15.0 Å². The van der Waals surface area contributed by atoms with Gasteiger partial charge in [-0.15, -0.1) is 0 Å². The van der Waals surface area contributed by atoms with E-state index >= 15 is 0 Å². The van der Waals surface area contributed by atoms with Gasteiger partial charge in [0.2, 0.25) is 0 Å². The highest BCUT2D eigenvalue weighted by molar-refractivity contribution is 6.32. The standard InChI is InChI=1S/C10H17ClN4O/c1-4-16-6-5-15(3)10-8(12-2)9(11)13-7-14-10/h7,12H,4-6H2,1-3H3. The summed E-state index contributed by atoms with van der Waals surface area (Å²) in [6.07, 6.45) is 1.45. The molecule has 5 nitrogen and oxygen atoms in total. The van der Waals surface area contributed by atoms with Crippen molar-refractivity contribution in [2.45, 2.75) is 6.92 Å². The number of ether oxygens (including phenoxy) is 1. The maximum Gasteiger partial charge on any atom is 0.157 e. The number of hydrogen-bond donors (Lipinski definition) is 1. The lowest BCUT2D eigenvalue weighted by molar-refractivity contribution is 0.154. The zero-order chi connectivity index (χ0) is 12.0. The van der Waals surface area contributed by atoms with Gasteiger partial charge in [-0.2, -0.15) is 0 Å². The van der Waals surface area contributed by atoms with E-state index in [0.717, 1.165) is 24.7 Å². The van der Waals surface area contributed by atoms with E-state index in [1.807, 2.05) is 18.9 Å². The number of aromatic nitrogens is 2. The second-order valence-electron chi connectivity index (χ2n) is 3.23. The van der Waals surface area contributed by atoms with Crippen LogP contribution in [0.4, 0.5) is 11.5 Å². The molecule has 1 heterocycles. The first kappa shape index (κ1) is 13.0. The van der Waals surface area contributed by atoms with Gasteiger partial charge in [0.1, 0.15) is 12.0 Å². The first-order chi connectivity index (χ1) is 7.70. The van der Waals surface area contributed by atoms with Gasteiger partial charge in [-0.3, -0.25) is 0 Å². The summed E-state index contributed by atoms with van der Waals surface area (Å²) in [5.41, 5.74) is 0.739. The molecule has 1 rings (SSSR count). The minimum absolute atomic E-state index is 0.427. The van der Waals surface area contributed by atoms with Gasteiger partial charge in [0.05, 0.1) is 6.61 Å². The van der Waals surface area contributed by atoms with Crippen molar-refractivity contribution in [3.63, 3.8) is 0 Å². The Morgan fingerprint density at radius 3 is 2.88 bits per heavy atom. The van der Waals surface area contributed by atoms with Crippen LogP contribution in [-0.2, 0) is 4.74 Å². The second kappa shape index (κ2) is 6.50. The molecule has 0 aliphatic heterocycles. The van der Waals surface area contributed by atoms with Gasteiger partial charge in [-0.25, -0.2) is 9.97 Å². The molecule has 0 radical (unpaired) electrons. The number of nitrogens with one attached hydrogen (secondary N) is 1. The molecule has 1 N–H and O–H groups in total. The van der Waals surface area contributed by atoms with Gasteiger partial charge in [-0.05, 0) is 6.92 Å². The van der Waals surface area contributed by atoms with E-state index in [9.17, 15) is 0 Å². The maximum atomic E-state index is 5.96. The Hall–Kier alpha value is -1.07. The van der Waals surface area contributed by atoms with Gasteiger partial charge in [0, 0.05) is 27.2 Å². The lowest BCUT2D eigenvalue weighted by atomic mass is 10.4. The van der Waals surface area contributed by atoms with E-state index < -0.39 is 0 Å². The predicted molar refractivity (Wildman–Crippen MR) is 66.4 cm³/mol. The van der Waals surface area contributed by atoms with Crippen molar-refractivity contribution < 1.29 is 4.74 Å². The summed E-state index contributed by atoms with van der Waals surface area (Å²) in [5, 5.41) is 3.42. The normalized spacial score (nSPS) is 10.2. The summed E-state index contributed by atoms with van der Waals surface area (Å²) < 4.78 is 5.29.